The normalized spacial score (nSPS) is 13.9. The number of Topliss-reactive ketones (excluding diaryl/α,β-unsaturated/α-hetero) is 1. The molecule has 0 bridgehead atoms. The number of rotatable bonds is 3. The molecule has 1 aliphatic heterocycles. The third-order valence-electron chi connectivity index (χ3n) is 4.39. The number of hydrogen-bond acceptors (Lipinski definition) is 4. The molecule has 4 nitrogen and oxygen atoms in total. The van der Waals surface area contributed by atoms with Crippen LogP contribution in [0.1, 0.15) is 31.8 Å². The van der Waals surface area contributed by atoms with Crippen molar-refractivity contribution in [2.24, 2.45) is 0 Å². The zero-order valence-corrected chi connectivity index (χ0v) is 14.9. The van der Waals surface area contributed by atoms with Crippen LogP contribution in [0.25, 0.3) is 6.08 Å². The van der Waals surface area contributed by atoms with Crippen LogP contribution in [0.3, 0.4) is 0 Å². The summed E-state index contributed by atoms with van der Waals surface area (Å²) >= 11 is 0. The Hall–Kier alpha value is -3.73. The minimum Gasteiger partial charge on any atom is -0.452 e. The molecule has 138 valence electrons. The Bertz CT molecular complexity index is 1130. The summed E-state index contributed by atoms with van der Waals surface area (Å²) in [6, 6.07) is 17.4. The minimum atomic E-state index is -0.695. The van der Waals surface area contributed by atoms with Gasteiger partial charge < -0.3 is 9.47 Å². The lowest BCUT2D eigenvalue weighted by molar-refractivity contribution is 0.0734. The van der Waals surface area contributed by atoms with Crippen LogP contribution in [0.2, 0.25) is 0 Å². The lowest BCUT2D eigenvalue weighted by Crippen LogP contribution is -2.08. The predicted octanol–water partition coefficient (Wildman–Crippen LogP) is 4.97. The average molecular weight is 374 g/mol. The Morgan fingerprint density at radius 3 is 2.64 bits per heavy atom. The van der Waals surface area contributed by atoms with E-state index >= 15 is 0 Å². The van der Waals surface area contributed by atoms with Gasteiger partial charge in [-0.05, 0) is 54.5 Å². The first kappa shape index (κ1) is 17.7. The summed E-state index contributed by atoms with van der Waals surface area (Å²) < 4.78 is 24.2. The monoisotopic (exact) mass is 374 g/mol. The molecule has 0 unspecified atom stereocenters. The Morgan fingerprint density at radius 2 is 1.86 bits per heavy atom. The number of ketones is 1. The number of aryl methyl sites for hydroxylation is 1. The summed E-state index contributed by atoms with van der Waals surface area (Å²) in [7, 11) is 0. The summed E-state index contributed by atoms with van der Waals surface area (Å²) in [4.78, 5) is 24.7. The van der Waals surface area contributed by atoms with Crippen molar-refractivity contribution >= 4 is 17.8 Å². The van der Waals surface area contributed by atoms with E-state index in [2.05, 4.69) is 0 Å². The number of carbonyl (C=O) groups is 2. The van der Waals surface area contributed by atoms with E-state index in [-0.39, 0.29) is 22.9 Å². The first-order valence-electron chi connectivity index (χ1n) is 8.63. The average Bonchev–Trinajstić information content (AvgIpc) is 2.98. The molecule has 0 N–H and O–H groups in total. The van der Waals surface area contributed by atoms with Crippen LogP contribution in [0.5, 0.6) is 11.5 Å². The smallest absolute Gasteiger partial charge is 0.343 e. The van der Waals surface area contributed by atoms with Crippen LogP contribution >= 0.6 is 0 Å². The van der Waals surface area contributed by atoms with Crippen molar-refractivity contribution in [1.82, 2.24) is 0 Å². The van der Waals surface area contributed by atoms with Crippen molar-refractivity contribution < 1.29 is 23.5 Å². The molecule has 0 fully saturated rings. The van der Waals surface area contributed by atoms with Gasteiger partial charge in [0.1, 0.15) is 17.3 Å². The van der Waals surface area contributed by atoms with E-state index in [0.29, 0.717) is 11.3 Å². The van der Waals surface area contributed by atoms with Gasteiger partial charge in [0, 0.05) is 6.07 Å². The highest BCUT2D eigenvalue weighted by atomic mass is 19.1. The molecular formula is C23H15FO4. The van der Waals surface area contributed by atoms with Gasteiger partial charge in [0.15, 0.2) is 5.76 Å². The fourth-order valence-electron chi connectivity index (χ4n) is 2.90. The number of allylic oxidation sites excluding steroid dienone is 1. The van der Waals surface area contributed by atoms with Gasteiger partial charge in [-0.2, -0.15) is 0 Å². The van der Waals surface area contributed by atoms with Gasteiger partial charge in [0.2, 0.25) is 5.78 Å². The zero-order chi connectivity index (χ0) is 19.7. The molecule has 1 heterocycles. The van der Waals surface area contributed by atoms with Crippen molar-refractivity contribution in [3.8, 4) is 11.5 Å². The molecule has 28 heavy (non-hydrogen) atoms. The van der Waals surface area contributed by atoms with E-state index in [1.807, 2.05) is 31.2 Å². The molecule has 1 aliphatic rings. The Morgan fingerprint density at radius 1 is 1.04 bits per heavy atom. The second-order valence-corrected chi connectivity index (χ2v) is 6.35. The molecule has 0 aromatic heterocycles. The molecule has 0 spiro atoms. The van der Waals surface area contributed by atoms with Crippen LogP contribution in [0.4, 0.5) is 4.39 Å². The van der Waals surface area contributed by atoms with Crippen LogP contribution in [-0.4, -0.2) is 11.8 Å². The zero-order valence-electron chi connectivity index (χ0n) is 14.9. The van der Waals surface area contributed by atoms with E-state index in [1.54, 1.807) is 12.1 Å². The van der Waals surface area contributed by atoms with Crippen LogP contribution < -0.4 is 9.47 Å². The van der Waals surface area contributed by atoms with Crippen molar-refractivity contribution in [2.45, 2.75) is 6.92 Å². The molecule has 0 aliphatic carbocycles. The number of hydrogen-bond donors (Lipinski definition) is 0. The molecule has 0 saturated carbocycles. The summed E-state index contributed by atoms with van der Waals surface area (Å²) in [5.74, 6) is -0.728. The molecule has 4 rings (SSSR count). The van der Waals surface area contributed by atoms with Gasteiger partial charge in [0.25, 0.3) is 0 Å². The largest absolute Gasteiger partial charge is 0.452 e. The first-order chi connectivity index (χ1) is 13.5. The maximum Gasteiger partial charge on any atom is 0.343 e. The molecule has 0 radical (unpaired) electrons. The van der Waals surface area contributed by atoms with Crippen LogP contribution in [0.15, 0.2) is 72.5 Å². The highest BCUT2D eigenvalue weighted by Crippen LogP contribution is 2.35. The third-order valence-corrected chi connectivity index (χ3v) is 4.39. The Balaban J connectivity index is 1.57. The second kappa shape index (κ2) is 7.12. The predicted molar refractivity (Wildman–Crippen MR) is 102 cm³/mol. The number of benzene rings is 3. The molecule has 3 aromatic rings. The highest BCUT2D eigenvalue weighted by molar-refractivity contribution is 6.14. The second-order valence-electron chi connectivity index (χ2n) is 6.35. The third kappa shape index (κ3) is 3.42. The van der Waals surface area contributed by atoms with Gasteiger partial charge in [0.05, 0.1) is 11.1 Å². The van der Waals surface area contributed by atoms with Gasteiger partial charge in [-0.15, -0.1) is 0 Å². The van der Waals surface area contributed by atoms with E-state index < -0.39 is 11.8 Å². The lowest BCUT2D eigenvalue weighted by Gasteiger charge is -2.06. The molecule has 0 saturated heterocycles. The fraction of sp³-hybridized carbons (Fsp3) is 0.0435. The van der Waals surface area contributed by atoms with E-state index in [4.69, 9.17) is 9.47 Å². The van der Waals surface area contributed by atoms with Crippen LogP contribution in [-0.2, 0) is 0 Å². The number of carbonyl (C=O) groups excluding carboxylic acids is 2. The van der Waals surface area contributed by atoms with Gasteiger partial charge in [-0.25, -0.2) is 9.18 Å². The summed E-state index contributed by atoms with van der Waals surface area (Å²) in [6.45, 7) is 1.95. The molecule has 5 heteroatoms. The number of esters is 1. The fourth-order valence-corrected chi connectivity index (χ4v) is 2.90. The van der Waals surface area contributed by atoms with Crippen molar-refractivity contribution in [3.63, 3.8) is 0 Å². The maximum absolute atomic E-state index is 13.3. The Kier molecular flexibility index (Phi) is 4.49. The number of halogens is 1. The summed E-state index contributed by atoms with van der Waals surface area (Å²) in [5, 5.41) is 0. The van der Waals surface area contributed by atoms with E-state index in [9.17, 15) is 14.0 Å². The number of fused-ring (bicyclic) bond motifs is 1. The van der Waals surface area contributed by atoms with Crippen molar-refractivity contribution in [2.75, 3.05) is 0 Å². The molecule has 0 amide bonds. The van der Waals surface area contributed by atoms with E-state index in [0.717, 1.165) is 17.2 Å². The standard InChI is InChI=1S/C23H15FO4/c1-14-5-2-3-6-15(14)12-21-22(25)19-10-9-18(13-20(19)28-21)27-23(26)16-7-4-8-17(24)11-16/h2-13H,1H3/b21-12-. The minimum absolute atomic E-state index is 0.0950. The van der Waals surface area contributed by atoms with Crippen molar-refractivity contribution in [1.29, 1.82) is 0 Å². The topological polar surface area (TPSA) is 52.6 Å². The Labute approximate surface area is 160 Å². The highest BCUT2D eigenvalue weighted by Gasteiger charge is 2.28. The van der Waals surface area contributed by atoms with Gasteiger partial charge >= 0.3 is 5.97 Å². The van der Waals surface area contributed by atoms with Gasteiger partial charge in [-0.3, -0.25) is 4.79 Å². The van der Waals surface area contributed by atoms with Gasteiger partial charge in [-0.1, -0.05) is 30.3 Å². The molecule has 0 atom stereocenters. The molecule has 3 aromatic carbocycles. The lowest BCUT2D eigenvalue weighted by atomic mass is 10.1. The summed E-state index contributed by atoms with van der Waals surface area (Å²) in [5.41, 5.74) is 2.39. The molecular weight excluding hydrogens is 359 g/mol. The summed E-state index contributed by atoms with van der Waals surface area (Å²) in [6.07, 6.45) is 1.69. The maximum atomic E-state index is 13.3. The SMILES string of the molecule is Cc1ccccc1/C=C1\Oc2cc(OC(=O)c3cccc(F)c3)ccc2C1=O. The van der Waals surface area contributed by atoms with Crippen molar-refractivity contribution in [3.05, 3.63) is 101 Å². The van der Waals surface area contributed by atoms with E-state index in [1.165, 1.54) is 30.3 Å². The quantitative estimate of drug-likeness (QED) is 0.369. The van der Waals surface area contributed by atoms with Crippen LogP contribution in [0, 0.1) is 12.7 Å². The number of ether oxygens (including phenoxy) is 2. The first-order valence-corrected chi connectivity index (χ1v) is 8.63.